The number of para-hydroxylation sites is 1. The SMILES string of the molecule is CN(C)C(Oc1ccc2c(=O)c3ccccc3oc2c1)N(C)C. The van der Waals surface area contributed by atoms with E-state index in [1.807, 2.05) is 50.1 Å². The van der Waals surface area contributed by atoms with Crippen molar-refractivity contribution in [3.63, 3.8) is 0 Å². The normalized spacial score (nSPS) is 12.0. The van der Waals surface area contributed by atoms with Gasteiger partial charge in [0.05, 0.1) is 10.8 Å². The second-order valence-electron chi connectivity index (χ2n) is 5.96. The predicted molar refractivity (Wildman–Crippen MR) is 91.8 cm³/mol. The summed E-state index contributed by atoms with van der Waals surface area (Å²) in [6.07, 6.45) is -0.209. The maximum atomic E-state index is 12.5. The highest BCUT2D eigenvalue weighted by molar-refractivity contribution is 5.90. The molecule has 0 atom stereocenters. The molecule has 0 aliphatic rings. The van der Waals surface area contributed by atoms with E-state index in [2.05, 4.69) is 0 Å². The summed E-state index contributed by atoms with van der Waals surface area (Å²) in [4.78, 5) is 16.4. The summed E-state index contributed by atoms with van der Waals surface area (Å²) in [5.74, 6) is 0.656. The van der Waals surface area contributed by atoms with Gasteiger partial charge in [0.1, 0.15) is 16.9 Å². The first kappa shape index (κ1) is 15.5. The van der Waals surface area contributed by atoms with E-state index in [4.69, 9.17) is 9.15 Å². The van der Waals surface area contributed by atoms with Crippen LogP contribution >= 0.6 is 0 Å². The van der Waals surface area contributed by atoms with E-state index in [0.29, 0.717) is 27.7 Å². The molecule has 23 heavy (non-hydrogen) atoms. The van der Waals surface area contributed by atoms with Crippen molar-refractivity contribution in [1.82, 2.24) is 9.80 Å². The highest BCUT2D eigenvalue weighted by Crippen LogP contribution is 2.23. The Bertz CT molecular complexity index is 892. The van der Waals surface area contributed by atoms with Crippen molar-refractivity contribution in [2.45, 2.75) is 6.35 Å². The lowest BCUT2D eigenvalue weighted by atomic mass is 10.1. The first-order chi connectivity index (χ1) is 11.0. The number of benzene rings is 2. The summed E-state index contributed by atoms with van der Waals surface area (Å²) < 4.78 is 11.9. The smallest absolute Gasteiger partial charge is 0.210 e. The first-order valence-corrected chi connectivity index (χ1v) is 7.42. The molecule has 5 heteroatoms. The molecule has 0 spiro atoms. The molecule has 0 saturated heterocycles. The molecule has 120 valence electrons. The Morgan fingerprint density at radius 3 is 2.26 bits per heavy atom. The Kier molecular flexibility index (Phi) is 4.07. The second-order valence-corrected chi connectivity index (χ2v) is 5.96. The van der Waals surface area contributed by atoms with Crippen molar-refractivity contribution in [2.24, 2.45) is 0 Å². The summed E-state index contributed by atoms with van der Waals surface area (Å²) in [6.45, 7) is 0. The molecule has 0 unspecified atom stereocenters. The monoisotopic (exact) mass is 312 g/mol. The van der Waals surface area contributed by atoms with Crippen LogP contribution in [-0.4, -0.2) is 44.3 Å². The number of hydrogen-bond acceptors (Lipinski definition) is 5. The Balaban J connectivity index is 2.08. The summed E-state index contributed by atoms with van der Waals surface area (Å²) in [7, 11) is 7.78. The number of fused-ring (bicyclic) bond motifs is 2. The molecule has 5 nitrogen and oxygen atoms in total. The van der Waals surface area contributed by atoms with Gasteiger partial charge in [-0.25, -0.2) is 0 Å². The quantitative estimate of drug-likeness (QED) is 0.547. The van der Waals surface area contributed by atoms with E-state index in [1.165, 1.54) is 0 Å². The second kappa shape index (κ2) is 6.02. The third-order valence-corrected chi connectivity index (χ3v) is 3.67. The average molecular weight is 312 g/mol. The Morgan fingerprint density at radius 2 is 1.57 bits per heavy atom. The third-order valence-electron chi connectivity index (χ3n) is 3.67. The van der Waals surface area contributed by atoms with Crippen LogP contribution in [-0.2, 0) is 0 Å². The summed E-state index contributed by atoms with van der Waals surface area (Å²) in [5, 5.41) is 1.15. The van der Waals surface area contributed by atoms with Gasteiger partial charge in [0.2, 0.25) is 11.8 Å². The van der Waals surface area contributed by atoms with Crippen LogP contribution in [0.2, 0.25) is 0 Å². The molecule has 0 aliphatic carbocycles. The lowest BCUT2D eigenvalue weighted by Gasteiger charge is -2.30. The van der Waals surface area contributed by atoms with Gasteiger partial charge in [-0.15, -0.1) is 0 Å². The number of rotatable bonds is 4. The zero-order chi connectivity index (χ0) is 16.6. The Labute approximate surface area is 134 Å². The molecule has 0 fully saturated rings. The minimum atomic E-state index is -0.209. The van der Waals surface area contributed by atoms with Crippen molar-refractivity contribution >= 4 is 21.9 Å². The van der Waals surface area contributed by atoms with Crippen LogP contribution in [0.15, 0.2) is 51.7 Å². The van der Waals surface area contributed by atoms with Crippen LogP contribution in [0.25, 0.3) is 21.9 Å². The van der Waals surface area contributed by atoms with Crippen molar-refractivity contribution in [3.8, 4) is 5.75 Å². The van der Waals surface area contributed by atoms with Crippen molar-refractivity contribution in [1.29, 1.82) is 0 Å². The summed E-state index contributed by atoms with van der Waals surface area (Å²) >= 11 is 0. The zero-order valence-electron chi connectivity index (χ0n) is 13.7. The topological polar surface area (TPSA) is 45.9 Å². The van der Waals surface area contributed by atoms with Crippen LogP contribution in [0.3, 0.4) is 0 Å². The van der Waals surface area contributed by atoms with Crippen molar-refractivity contribution in [2.75, 3.05) is 28.2 Å². The lowest BCUT2D eigenvalue weighted by molar-refractivity contribution is -0.0436. The van der Waals surface area contributed by atoms with Gasteiger partial charge in [-0.2, -0.15) is 0 Å². The fraction of sp³-hybridized carbons (Fsp3) is 0.278. The van der Waals surface area contributed by atoms with Gasteiger partial charge >= 0.3 is 0 Å². The molecule has 1 aromatic heterocycles. The van der Waals surface area contributed by atoms with Gasteiger partial charge in [-0.05, 0) is 52.5 Å². The maximum Gasteiger partial charge on any atom is 0.210 e. The molecule has 0 amide bonds. The first-order valence-electron chi connectivity index (χ1n) is 7.42. The highest BCUT2D eigenvalue weighted by Gasteiger charge is 2.16. The van der Waals surface area contributed by atoms with Gasteiger partial charge in [0, 0.05) is 6.07 Å². The fourth-order valence-electron chi connectivity index (χ4n) is 2.65. The van der Waals surface area contributed by atoms with E-state index < -0.39 is 0 Å². The van der Waals surface area contributed by atoms with Gasteiger partial charge in [-0.3, -0.25) is 14.6 Å². The Hall–Kier alpha value is -2.37. The minimum absolute atomic E-state index is 0.0230. The van der Waals surface area contributed by atoms with Gasteiger partial charge in [0.15, 0.2) is 0 Å². The lowest BCUT2D eigenvalue weighted by Crippen LogP contribution is -2.44. The molecule has 3 rings (SSSR count). The van der Waals surface area contributed by atoms with Crippen molar-refractivity contribution in [3.05, 3.63) is 52.7 Å². The molecule has 0 saturated carbocycles. The Morgan fingerprint density at radius 1 is 0.913 bits per heavy atom. The summed E-state index contributed by atoms with van der Waals surface area (Å²) in [5.41, 5.74) is 1.09. The third kappa shape index (κ3) is 2.93. The molecular weight excluding hydrogens is 292 g/mol. The molecular formula is C18H20N2O3. The largest absolute Gasteiger partial charge is 0.462 e. The van der Waals surface area contributed by atoms with Crippen LogP contribution < -0.4 is 10.2 Å². The predicted octanol–water partition coefficient (Wildman–Crippen LogP) is 2.73. The minimum Gasteiger partial charge on any atom is -0.462 e. The fourth-order valence-corrected chi connectivity index (χ4v) is 2.65. The van der Waals surface area contributed by atoms with E-state index in [9.17, 15) is 4.79 Å². The average Bonchev–Trinajstić information content (AvgIpc) is 2.52. The standard InChI is InChI=1S/C18H20N2O3/c1-19(2)18(20(3)4)22-12-9-10-14-16(11-12)23-15-8-6-5-7-13(15)17(14)21/h5-11,18H,1-4H3. The van der Waals surface area contributed by atoms with E-state index in [-0.39, 0.29) is 11.8 Å². The van der Waals surface area contributed by atoms with Crippen LogP contribution in [0, 0.1) is 0 Å². The molecule has 0 N–H and O–H groups in total. The van der Waals surface area contributed by atoms with Crippen molar-refractivity contribution < 1.29 is 9.15 Å². The van der Waals surface area contributed by atoms with E-state index >= 15 is 0 Å². The van der Waals surface area contributed by atoms with Gasteiger partial charge in [-0.1, -0.05) is 12.1 Å². The molecule has 3 aromatic rings. The van der Waals surface area contributed by atoms with Crippen LogP contribution in [0.1, 0.15) is 0 Å². The van der Waals surface area contributed by atoms with E-state index in [0.717, 1.165) is 0 Å². The summed E-state index contributed by atoms with van der Waals surface area (Å²) in [6, 6.07) is 12.6. The highest BCUT2D eigenvalue weighted by atomic mass is 16.5. The molecule has 0 bridgehead atoms. The van der Waals surface area contributed by atoms with Crippen LogP contribution in [0.4, 0.5) is 0 Å². The van der Waals surface area contributed by atoms with Crippen LogP contribution in [0.5, 0.6) is 5.75 Å². The maximum absolute atomic E-state index is 12.5. The number of nitrogens with zero attached hydrogens (tertiary/aromatic N) is 2. The number of hydrogen-bond donors (Lipinski definition) is 0. The number of ether oxygens (including phenoxy) is 1. The van der Waals surface area contributed by atoms with Gasteiger partial charge < -0.3 is 9.15 Å². The van der Waals surface area contributed by atoms with Gasteiger partial charge in [0.25, 0.3) is 0 Å². The van der Waals surface area contributed by atoms with E-state index in [1.54, 1.807) is 30.3 Å². The zero-order valence-corrected chi connectivity index (χ0v) is 13.7. The molecule has 0 aliphatic heterocycles. The molecule has 0 radical (unpaired) electrons. The molecule has 2 aromatic carbocycles. The molecule has 1 heterocycles.